The van der Waals surface area contributed by atoms with E-state index in [2.05, 4.69) is 0 Å². The molecule has 0 radical (unpaired) electrons. The van der Waals surface area contributed by atoms with Crippen molar-refractivity contribution in [2.24, 2.45) is 0 Å². The van der Waals surface area contributed by atoms with Gasteiger partial charge in [-0.2, -0.15) is 0 Å². The Kier molecular flexibility index (Phi) is 2.50. The van der Waals surface area contributed by atoms with Gasteiger partial charge >= 0.3 is 0 Å². The fraction of sp³-hybridized carbons (Fsp3) is 0.364. The van der Waals surface area contributed by atoms with Crippen LogP contribution in [0, 0.1) is 5.82 Å². The van der Waals surface area contributed by atoms with E-state index in [1.807, 2.05) is 20.8 Å². The molecule has 1 aromatic carbocycles. The Labute approximate surface area is 77.6 Å². The van der Waals surface area contributed by atoms with Crippen LogP contribution in [0.2, 0.25) is 0 Å². The van der Waals surface area contributed by atoms with E-state index >= 15 is 0 Å². The lowest BCUT2D eigenvalue weighted by atomic mass is 9.86. The number of carbonyl (C=O) groups is 1. The topological polar surface area (TPSA) is 17.1 Å². The summed E-state index contributed by atoms with van der Waals surface area (Å²) in [7, 11) is 0. The summed E-state index contributed by atoms with van der Waals surface area (Å²) in [6, 6.07) is 4.72. The second-order valence-corrected chi connectivity index (χ2v) is 4.10. The summed E-state index contributed by atoms with van der Waals surface area (Å²) in [6.45, 7) is 6.01. The van der Waals surface area contributed by atoms with Crippen LogP contribution in [0.3, 0.4) is 0 Å². The van der Waals surface area contributed by atoms with Crippen LogP contribution in [-0.2, 0) is 5.41 Å². The molecule has 0 N–H and O–H groups in total. The van der Waals surface area contributed by atoms with Gasteiger partial charge in [0.2, 0.25) is 0 Å². The predicted molar refractivity (Wildman–Crippen MR) is 50.5 cm³/mol. The van der Waals surface area contributed by atoms with Crippen LogP contribution in [0.1, 0.15) is 36.7 Å². The minimum absolute atomic E-state index is 0.0811. The average Bonchev–Trinajstić information content (AvgIpc) is 2.02. The highest BCUT2D eigenvalue weighted by Gasteiger charge is 2.15. The minimum atomic E-state index is -0.442. The smallest absolute Gasteiger partial charge is 0.152 e. The van der Waals surface area contributed by atoms with Crippen LogP contribution >= 0.6 is 0 Å². The van der Waals surface area contributed by atoms with Crippen LogP contribution in [0.4, 0.5) is 4.39 Å². The fourth-order valence-electron chi connectivity index (χ4n) is 1.09. The van der Waals surface area contributed by atoms with Gasteiger partial charge in [0.15, 0.2) is 6.29 Å². The third-order valence-electron chi connectivity index (χ3n) is 1.99. The van der Waals surface area contributed by atoms with Crippen LogP contribution in [0.5, 0.6) is 0 Å². The van der Waals surface area contributed by atoms with Gasteiger partial charge in [0.1, 0.15) is 5.82 Å². The van der Waals surface area contributed by atoms with Crippen LogP contribution in [-0.4, -0.2) is 6.29 Å². The summed E-state index contributed by atoms with van der Waals surface area (Å²) in [5.74, 6) is -0.442. The number of hydrogen-bond donors (Lipinski definition) is 0. The molecule has 2 heteroatoms. The number of carbonyl (C=O) groups excluding carboxylic acids is 1. The van der Waals surface area contributed by atoms with Crippen molar-refractivity contribution >= 4 is 6.29 Å². The van der Waals surface area contributed by atoms with E-state index in [0.717, 1.165) is 5.56 Å². The van der Waals surface area contributed by atoms with Gasteiger partial charge in [-0.15, -0.1) is 0 Å². The average molecular weight is 180 g/mol. The fourth-order valence-corrected chi connectivity index (χ4v) is 1.09. The summed E-state index contributed by atoms with van der Waals surface area (Å²) in [4.78, 5) is 10.3. The molecule has 0 aliphatic rings. The second-order valence-electron chi connectivity index (χ2n) is 4.10. The van der Waals surface area contributed by atoms with Crippen molar-refractivity contribution in [2.45, 2.75) is 26.2 Å². The van der Waals surface area contributed by atoms with Gasteiger partial charge < -0.3 is 0 Å². The van der Waals surface area contributed by atoms with E-state index in [9.17, 15) is 9.18 Å². The quantitative estimate of drug-likeness (QED) is 0.607. The molecule has 70 valence electrons. The van der Waals surface area contributed by atoms with Crippen molar-refractivity contribution in [3.8, 4) is 0 Å². The molecular weight excluding hydrogens is 167 g/mol. The molecule has 1 nitrogen and oxygen atoms in total. The van der Waals surface area contributed by atoms with Crippen LogP contribution < -0.4 is 0 Å². The molecule has 0 fully saturated rings. The van der Waals surface area contributed by atoms with E-state index in [1.54, 1.807) is 6.07 Å². The molecule has 13 heavy (non-hydrogen) atoms. The maximum absolute atomic E-state index is 13.1. The summed E-state index contributed by atoms with van der Waals surface area (Å²) in [5, 5.41) is 0. The molecule has 0 aliphatic heterocycles. The van der Waals surface area contributed by atoms with E-state index < -0.39 is 5.82 Å². The zero-order valence-corrected chi connectivity index (χ0v) is 8.10. The van der Waals surface area contributed by atoms with Crippen molar-refractivity contribution in [3.05, 3.63) is 35.1 Å². The number of benzene rings is 1. The molecular formula is C11H13FO. The van der Waals surface area contributed by atoms with Crippen molar-refractivity contribution in [3.63, 3.8) is 0 Å². The minimum Gasteiger partial charge on any atom is -0.298 e. The van der Waals surface area contributed by atoms with Crippen molar-refractivity contribution < 1.29 is 9.18 Å². The van der Waals surface area contributed by atoms with E-state index in [1.165, 1.54) is 12.1 Å². The number of rotatable bonds is 1. The van der Waals surface area contributed by atoms with Gasteiger partial charge in [-0.3, -0.25) is 4.79 Å². The van der Waals surface area contributed by atoms with E-state index in [4.69, 9.17) is 0 Å². The Bertz CT molecular complexity index is 323. The largest absolute Gasteiger partial charge is 0.298 e. The van der Waals surface area contributed by atoms with E-state index in [-0.39, 0.29) is 11.0 Å². The monoisotopic (exact) mass is 180 g/mol. The molecule has 1 rings (SSSR count). The van der Waals surface area contributed by atoms with Crippen molar-refractivity contribution in [1.29, 1.82) is 0 Å². The van der Waals surface area contributed by atoms with Gasteiger partial charge in [-0.25, -0.2) is 4.39 Å². The third-order valence-corrected chi connectivity index (χ3v) is 1.99. The predicted octanol–water partition coefficient (Wildman–Crippen LogP) is 2.94. The first-order chi connectivity index (χ1) is 5.95. The highest BCUT2D eigenvalue weighted by molar-refractivity contribution is 5.75. The standard InChI is InChI=1S/C11H13FO/c1-11(2,3)9-5-4-8(7-13)10(12)6-9/h4-7H,1-3H3. The molecule has 0 aliphatic carbocycles. The molecule has 0 aromatic heterocycles. The molecule has 0 bridgehead atoms. The zero-order valence-electron chi connectivity index (χ0n) is 8.10. The Balaban J connectivity index is 3.17. The number of aldehydes is 1. The highest BCUT2D eigenvalue weighted by Crippen LogP contribution is 2.23. The first-order valence-corrected chi connectivity index (χ1v) is 4.20. The third kappa shape index (κ3) is 2.14. The maximum Gasteiger partial charge on any atom is 0.152 e. The molecule has 0 spiro atoms. The summed E-state index contributed by atoms with van der Waals surface area (Å²) in [6.07, 6.45) is 0.530. The SMILES string of the molecule is CC(C)(C)c1ccc(C=O)c(F)c1. The summed E-state index contributed by atoms with van der Waals surface area (Å²) < 4.78 is 13.1. The van der Waals surface area contributed by atoms with Crippen LogP contribution in [0.25, 0.3) is 0 Å². The summed E-state index contributed by atoms with van der Waals surface area (Å²) >= 11 is 0. The molecule has 0 amide bonds. The van der Waals surface area contributed by atoms with Crippen LogP contribution in [0.15, 0.2) is 18.2 Å². The van der Waals surface area contributed by atoms with Gasteiger partial charge in [0.05, 0.1) is 5.56 Å². The Morgan fingerprint density at radius 1 is 1.31 bits per heavy atom. The first kappa shape index (κ1) is 9.90. The number of hydrogen-bond acceptors (Lipinski definition) is 1. The van der Waals surface area contributed by atoms with Gasteiger partial charge in [0.25, 0.3) is 0 Å². The molecule has 0 unspecified atom stereocenters. The Morgan fingerprint density at radius 3 is 2.31 bits per heavy atom. The second kappa shape index (κ2) is 3.29. The lowest BCUT2D eigenvalue weighted by Gasteiger charge is -2.18. The Morgan fingerprint density at radius 2 is 1.92 bits per heavy atom. The maximum atomic E-state index is 13.1. The van der Waals surface area contributed by atoms with Gasteiger partial charge in [-0.05, 0) is 23.1 Å². The molecule has 0 atom stereocenters. The summed E-state index contributed by atoms with van der Waals surface area (Å²) in [5.41, 5.74) is 0.936. The molecule has 0 saturated heterocycles. The van der Waals surface area contributed by atoms with Gasteiger partial charge in [0, 0.05) is 0 Å². The number of halogens is 1. The lowest BCUT2D eigenvalue weighted by Crippen LogP contribution is -2.11. The molecule has 0 saturated carbocycles. The highest BCUT2D eigenvalue weighted by atomic mass is 19.1. The Hall–Kier alpha value is -1.18. The van der Waals surface area contributed by atoms with Gasteiger partial charge in [-0.1, -0.05) is 26.8 Å². The zero-order chi connectivity index (χ0) is 10.1. The normalized spacial score (nSPS) is 11.4. The van der Waals surface area contributed by atoms with Crippen molar-refractivity contribution in [2.75, 3.05) is 0 Å². The lowest BCUT2D eigenvalue weighted by molar-refractivity contribution is 0.111. The molecule has 1 aromatic rings. The first-order valence-electron chi connectivity index (χ1n) is 4.20. The van der Waals surface area contributed by atoms with Crippen molar-refractivity contribution in [1.82, 2.24) is 0 Å². The molecule has 0 heterocycles. The van der Waals surface area contributed by atoms with E-state index in [0.29, 0.717) is 6.29 Å².